The highest BCUT2D eigenvalue weighted by Crippen LogP contribution is 2.28. The van der Waals surface area contributed by atoms with Crippen molar-refractivity contribution in [1.82, 2.24) is 9.80 Å². The predicted molar refractivity (Wildman–Crippen MR) is 85.4 cm³/mol. The largest absolute Gasteiger partial charge is 0.444 e. The van der Waals surface area contributed by atoms with Gasteiger partial charge in [0.1, 0.15) is 5.60 Å². The molecule has 122 valence electrons. The first-order valence-electron chi connectivity index (χ1n) is 8.46. The summed E-state index contributed by atoms with van der Waals surface area (Å²) in [5.74, 6) is 0.579. The van der Waals surface area contributed by atoms with Gasteiger partial charge in [-0.1, -0.05) is 6.92 Å². The number of hydrogen-bond acceptors (Lipinski definition) is 3. The highest BCUT2D eigenvalue weighted by molar-refractivity contribution is 5.68. The third-order valence-electron chi connectivity index (χ3n) is 4.56. The zero-order valence-electron chi connectivity index (χ0n) is 14.4. The Hall–Kier alpha value is -0.770. The molecule has 0 aromatic carbocycles. The second-order valence-corrected chi connectivity index (χ2v) is 7.97. The van der Waals surface area contributed by atoms with E-state index in [0.717, 1.165) is 32.0 Å². The molecule has 4 nitrogen and oxygen atoms in total. The number of rotatable bonds is 4. The fraction of sp³-hybridized carbons (Fsp3) is 0.941. The van der Waals surface area contributed by atoms with Crippen LogP contribution in [0.25, 0.3) is 0 Å². The number of amides is 1. The fourth-order valence-electron chi connectivity index (χ4n) is 3.10. The smallest absolute Gasteiger partial charge is 0.410 e. The van der Waals surface area contributed by atoms with Crippen LogP contribution >= 0.6 is 0 Å². The molecule has 0 bridgehead atoms. The number of carbonyl (C=O) groups is 1. The molecule has 1 saturated heterocycles. The SMILES string of the molecule is CC1CC[C@H](CCN(C)C2CC2)N(C(=O)OC(C)(C)C)C1. The van der Waals surface area contributed by atoms with Gasteiger partial charge in [0.05, 0.1) is 0 Å². The molecule has 0 N–H and O–H groups in total. The van der Waals surface area contributed by atoms with E-state index in [4.69, 9.17) is 4.74 Å². The summed E-state index contributed by atoms with van der Waals surface area (Å²) in [4.78, 5) is 16.9. The molecule has 1 unspecified atom stereocenters. The Morgan fingerprint density at radius 3 is 2.48 bits per heavy atom. The summed E-state index contributed by atoms with van der Waals surface area (Å²) in [6.07, 6.45) is 5.95. The van der Waals surface area contributed by atoms with Crippen LogP contribution in [0.5, 0.6) is 0 Å². The van der Waals surface area contributed by atoms with Gasteiger partial charge in [-0.05, 0) is 65.8 Å². The second-order valence-electron chi connectivity index (χ2n) is 7.97. The lowest BCUT2D eigenvalue weighted by molar-refractivity contribution is 0.00187. The lowest BCUT2D eigenvalue weighted by Crippen LogP contribution is -2.49. The molecule has 2 aliphatic rings. The lowest BCUT2D eigenvalue weighted by atomic mass is 9.92. The molecular weight excluding hydrogens is 264 g/mol. The Labute approximate surface area is 129 Å². The van der Waals surface area contributed by atoms with Crippen LogP contribution in [-0.4, -0.2) is 53.7 Å². The normalized spacial score (nSPS) is 27.0. The van der Waals surface area contributed by atoms with Gasteiger partial charge in [0.2, 0.25) is 0 Å². The summed E-state index contributed by atoms with van der Waals surface area (Å²) in [5.41, 5.74) is -0.410. The third kappa shape index (κ3) is 5.17. The monoisotopic (exact) mass is 296 g/mol. The molecular formula is C17H32N2O2. The number of piperidine rings is 1. The Morgan fingerprint density at radius 1 is 1.24 bits per heavy atom. The maximum Gasteiger partial charge on any atom is 0.410 e. The van der Waals surface area contributed by atoms with Gasteiger partial charge in [0.15, 0.2) is 0 Å². The first-order valence-corrected chi connectivity index (χ1v) is 8.46. The maximum atomic E-state index is 12.5. The van der Waals surface area contributed by atoms with Gasteiger partial charge in [0.25, 0.3) is 0 Å². The molecule has 1 amide bonds. The quantitative estimate of drug-likeness (QED) is 0.796. The summed E-state index contributed by atoms with van der Waals surface area (Å²) < 4.78 is 5.60. The minimum absolute atomic E-state index is 0.131. The Kier molecular flexibility index (Phi) is 5.18. The van der Waals surface area contributed by atoms with Gasteiger partial charge in [-0.15, -0.1) is 0 Å². The van der Waals surface area contributed by atoms with Crippen LogP contribution in [0.1, 0.15) is 59.8 Å². The van der Waals surface area contributed by atoms with Crippen molar-refractivity contribution in [2.24, 2.45) is 5.92 Å². The van der Waals surface area contributed by atoms with Gasteiger partial charge < -0.3 is 14.5 Å². The average Bonchev–Trinajstić information content (AvgIpc) is 3.19. The molecule has 1 heterocycles. The zero-order valence-corrected chi connectivity index (χ0v) is 14.4. The number of likely N-dealkylation sites (tertiary alicyclic amines) is 1. The van der Waals surface area contributed by atoms with Crippen molar-refractivity contribution >= 4 is 6.09 Å². The number of nitrogens with zero attached hydrogens (tertiary/aromatic N) is 2. The van der Waals surface area contributed by atoms with Crippen LogP contribution in [0, 0.1) is 5.92 Å². The van der Waals surface area contributed by atoms with Gasteiger partial charge in [0, 0.05) is 25.2 Å². The van der Waals surface area contributed by atoms with E-state index < -0.39 is 5.60 Å². The van der Waals surface area contributed by atoms with Crippen molar-refractivity contribution in [2.75, 3.05) is 20.1 Å². The summed E-state index contributed by atoms with van der Waals surface area (Å²) in [6, 6.07) is 1.14. The molecule has 1 aliphatic heterocycles. The summed E-state index contributed by atoms with van der Waals surface area (Å²) in [5, 5.41) is 0. The molecule has 1 aliphatic carbocycles. The lowest BCUT2D eigenvalue weighted by Gasteiger charge is -2.40. The van der Waals surface area contributed by atoms with E-state index in [-0.39, 0.29) is 6.09 Å². The molecule has 2 rings (SSSR count). The molecule has 0 aromatic heterocycles. The van der Waals surface area contributed by atoms with E-state index in [9.17, 15) is 4.79 Å². The van der Waals surface area contributed by atoms with Crippen molar-refractivity contribution in [3.8, 4) is 0 Å². The average molecular weight is 296 g/mol. The van der Waals surface area contributed by atoms with Crippen LogP contribution < -0.4 is 0 Å². The van der Waals surface area contributed by atoms with Gasteiger partial charge >= 0.3 is 6.09 Å². The molecule has 0 radical (unpaired) electrons. The first kappa shape index (κ1) is 16.6. The Balaban J connectivity index is 1.90. The first-order chi connectivity index (χ1) is 9.76. The molecule has 21 heavy (non-hydrogen) atoms. The van der Waals surface area contributed by atoms with Crippen LogP contribution in [0.4, 0.5) is 4.79 Å². The van der Waals surface area contributed by atoms with Crippen molar-refractivity contribution in [1.29, 1.82) is 0 Å². The fourth-order valence-corrected chi connectivity index (χ4v) is 3.10. The topological polar surface area (TPSA) is 32.8 Å². The van der Waals surface area contributed by atoms with Crippen molar-refractivity contribution in [3.63, 3.8) is 0 Å². The molecule has 0 spiro atoms. The highest BCUT2D eigenvalue weighted by Gasteiger charge is 2.34. The minimum atomic E-state index is -0.410. The van der Waals surface area contributed by atoms with E-state index in [1.165, 1.54) is 19.3 Å². The third-order valence-corrected chi connectivity index (χ3v) is 4.56. The zero-order chi connectivity index (χ0) is 15.6. The number of hydrogen-bond donors (Lipinski definition) is 0. The standard InChI is InChI=1S/C17H32N2O2/c1-13-6-7-15(10-11-18(5)14-8-9-14)19(12-13)16(20)21-17(2,3)4/h13-15H,6-12H2,1-5H3/t13?,15-/m1/s1. The van der Waals surface area contributed by atoms with E-state index in [1.807, 2.05) is 25.7 Å². The second kappa shape index (κ2) is 6.55. The Morgan fingerprint density at radius 2 is 1.90 bits per heavy atom. The molecule has 4 heteroatoms. The van der Waals surface area contributed by atoms with Gasteiger partial charge in [-0.25, -0.2) is 4.79 Å². The highest BCUT2D eigenvalue weighted by atomic mass is 16.6. The van der Waals surface area contributed by atoms with E-state index >= 15 is 0 Å². The van der Waals surface area contributed by atoms with Gasteiger partial charge in [-0.3, -0.25) is 0 Å². The van der Waals surface area contributed by atoms with Crippen molar-refractivity contribution in [3.05, 3.63) is 0 Å². The van der Waals surface area contributed by atoms with Crippen molar-refractivity contribution < 1.29 is 9.53 Å². The molecule has 2 fully saturated rings. The number of carbonyl (C=O) groups excluding carboxylic acids is 1. The van der Waals surface area contributed by atoms with E-state index in [1.54, 1.807) is 0 Å². The van der Waals surface area contributed by atoms with Crippen molar-refractivity contribution in [2.45, 2.75) is 77.5 Å². The molecule has 2 atom stereocenters. The van der Waals surface area contributed by atoms with Crippen LogP contribution in [0.3, 0.4) is 0 Å². The van der Waals surface area contributed by atoms with Crippen LogP contribution in [-0.2, 0) is 4.74 Å². The summed E-state index contributed by atoms with van der Waals surface area (Å²) >= 11 is 0. The molecule has 1 saturated carbocycles. The predicted octanol–water partition coefficient (Wildman–Crippen LogP) is 3.51. The van der Waals surface area contributed by atoms with Crippen LogP contribution in [0.15, 0.2) is 0 Å². The van der Waals surface area contributed by atoms with E-state index in [2.05, 4.69) is 18.9 Å². The summed E-state index contributed by atoms with van der Waals surface area (Å²) in [6.45, 7) is 9.97. The number of ether oxygens (including phenoxy) is 1. The Bertz CT molecular complexity index is 360. The minimum Gasteiger partial charge on any atom is -0.444 e. The van der Waals surface area contributed by atoms with Gasteiger partial charge in [-0.2, -0.15) is 0 Å². The molecule has 0 aromatic rings. The van der Waals surface area contributed by atoms with E-state index in [0.29, 0.717) is 12.0 Å². The maximum absolute atomic E-state index is 12.5. The summed E-state index contributed by atoms with van der Waals surface area (Å²) in [7, 11) is 2.21. The van der Waals surface area contributed by atoms with Crippen LogP contribution in [0.2, 0.25) is 0 Å².